The number of nitrogens with zero attached hydrogens (tertiary/aromatic N) is 2. The number of hydrogen-bond acceptors (Lipinski definition) is 4. The maximum Gasteiger partial charge on any atom is 0.407 e. The maximum atomic E-state index is 12.0. The second-order valence-corrected chi connectivity index (χ2v) is 7.83. The molecule has 29 heavy (non-hydrogen) atoms. The van der Waals surface area contributed by atoms with Crippen molar-refractivity contribution < 1.29 is 9.53 Å². The molecule has 0 spiro atoms. The van der Waals surface area contributed by atoms with E-state index < -0.39 is 11.7 Å². The predicted octanol–water partition coefficient (Wildman–Crippen LogP) is 4.15. The fourth-order valence-corrected chi connectivity index (χ4v) is 2.55. The number of amides is 1. The molecular weight excluding hydrogens is 481 g/mol. The number of guanidine groups is 1. The zero-order valence-electron chi connectivity index (χ0n) is 18.7. The fourth-order valence-electron chi connectivity index (χ4n) is 2.55. The Morgan fingerprint density at radius 3 is 2.59 bits per heavy atom. The van der Waals surface area contributed by atoms with Crippen LogP contribution in [0.5, 0.6) is 0 Å². The maximum absolute atomic E-state index is 12.0. The average molecular weight is 519 g/mol. The molecule has 1 amide bonds. The molecule has 8 heteroatoms. The summed E-state index contributed by atoms with van der Waals surface area (Å²) in [6, 6.07) is 4.03. The van der Waals surface area contributed by atoms with Gasteiger partial charge in [0.05, 0.1) is 12.2 Å². The van der Waals surface area contributed by atoms with E-state index in [1.165, 1.54) is 0 Å². The Morgan fingerprint density at radius 1 is 1.28 bits per heavy atom. The Kier molecular flexibility index (Phi) is 13.6. The van der Waals surface area contributed by atoms with Gasteiger partial charge in [0.1, 0.15) is 5.60 Å². The molecule has 0 saturated carbocycles. The molecule has 0 bridgehead atoms. The molecule has 0 aliphatic rings. The number of hydrogen-bond donors (Lipinski definition) is 3. The van der Waals surface area contributed by atoms with Crippen molar-refractivity contribution in [3.8, 4) is 0 Å². The zero-order valence-corrected chi connectivity index (χ0v) is 21.0. The molecule has 0 radical (unpaired) electrons. The van der Waals surface area contributed by atoms with Crippen LogP contribution < -0.4 is 16.0 Å². The van der Waals surface area contributed by atoms with Gasteiger partial charge in [-0.15, -0.1) is 24.0 Å². The molecule has 0 aliphatic heterocycles. The van der Waals surface area contributed by atoms with E-state index in [1.54, 1.807) is 6.20 Å². The highest BCUT2D eigenvalue weighted by Gasteiger charge is 2.18. The highest BCUT2D eigenvalue weighted by atomic mass is 127. The first-order valence-corrected chi connectivity index (χ1v) is 10.2. The molecule has 0 saturated heterocycles. The first-order chi connectivity index (χ1) is 13.2. The van der Waals surface area contributed by atoms with Gasteiger partial charge in [0.25, 0.3) is 0 Å². The minimum atomic E-state index is -0.507. The van der Waals surface area contributed by atoms with E-state index in [-0.39, 0.29) is 30.0 Å². The lowest BCUT2D eigenvalue weighted by molar-refractivity contribution is 0.0523. The summed E-state index contributed by atoms with van der Waals surface area (Å²) in [5, 5.41) is 9.57. The summed E-state index contributed by atoms with van der Waals surface area (Å²) in [6.07, 6.45) is 4.46. The van der Waals surface area contributed by atoms with Crippen LogP contribution in [0.2, 0.25) is 0 Å². The normalized spacial score (nSPS) is 12.6. The second kappa shape index (κ2) is 14.4. The quantitative estimate of drug-likeness (QED) is 0.259. The molecule has 7 nitrogen and oxygen atoms in total. The lowest BCUT2D eigenvalue weighted by atomic mass is 10.1. The lowest BCUT2D eigenvalue weighted by Crippen LogP contribution is -2.49. The number of aromatic nitrogens is 1. The van der Waals surface area contributed by atoms with Crippen molar-refractivity contribution in [2.45, 2.75) is 79.0 Å². The summed E-state index contributed by atoms with van der Waals surface area (Å²) in [7, 11) is 0. The number of aliphatic imine (C=N–C) groups is 1. The molecule has 1 aromatic heterocycles. The van der Waals surface area contributed by atoms with Crippen LogP contribution in [0.4, 0.5) is 4.79 Å². The third-order valence-electron chi connectivity index (χ3n) is 3.99. The van der Waals surface area contributed by atoms with Crippen LogP contribution in [0.1, 0.15) is 65.1 Å². The number of ether oxygens (including phenoxy) is 1. The molecule has 1 atom stereocenters. The van der Waals surface area contributed by atoms with Gasteiger partial charge in [0, 0.05) is 25.3 Å². The summed E-state index contributed by atoms with van der Waals surface area (Å²) < 4.78 is 5.33. The summed E-state index contributed by atoms with van der Waals surface area (Å²) in [5.74, 6) is 0.722. The van der Waals surface area contributed by atoms with Gasteiger partial charge in [-0.3, -0.25) is 4.98 Å². The van der Waals surface area contributed by atoms with Crippen molar-refractivity contribution in [1.82, 2.24) is 20.9 Å². The van der Waals surface area contributed by atoms with Gasteiger partial charge in [0.2, 0.25) is 0 Å². The Morgan fingerprint density at radius 2 is 2.00 bits per heavy atom. The first kappa shape index (κ1) is 27.4. The van der Waals surface area contributed by atoms with Gasteiger partial charge in [-0.25, -0.2) is 9.79 Å². The minimum Gasteiger partial charge on any atom is -0.444 e. The van der Waals surface area contributed by atoms with Crippen LogP contribution in [0.3, 0.4) is 0 Å². The Balaban J connectivity index is 0.00000784. The standard InChI is InChI=1S/C21H37N5O2.HI/c1-7-9-12-17(14-25-20(27)28-21(4,5)6)26-19(22-8-2)24-15-18-16(3)11-10-13-23-18;/h10-11,13,17H,7-9,12,14-15H2,1-6H3,(H,25,27)(H2,22,24,26);1H. The number of carbonyl (C=O) groups is 1. The highest BCUT2D eigenvalue weighted by Crippen LogP contribution is 2.07. The van der Waals surface area contributed by atoms with Crippen molar-refractivity contribution in [2.24, 2.45) is 4.99 Å². The van der Waals surface area contributed by atoms with Crippen LogP contribution >= 0.6 is 24.0 Å². The van der Waals surface area contributed by atoms with Gasteiger partial charge in [-0.1, -0.05) is 25.8 Å². The Hall–Kier alpha value is -1.58. The van der Waals surface area contributed by atoms with E-state index in [2.05, 4.69) is 32.9 Å². The number of pyridine rings is 1. The Bertz CT molecular complexity index is 632. The molecule has 0 aliphatic carbocycles. The summed E-state index contributed by atoms with van der Waals surface area (Å²) in [5.41, 5.74) is 1.57. The number of rotatable bonds is 9. The average Bonchev–Trinajstić information content (AvgIpc) is 2.61. The number of halogens is 1. The predicted molar refractivity (Wildman–Crippen MR) is 130 cm³/mol. The number of nitrogens with one attached hydrogen (secondary N) is 3. The molecule has 3 N–H and O–H groups in total. The highest BCUT2D eigenvalue weighted by molar-refractivity contribution is 14.0. The third-order valence-corrected chi connectivity index (χ3v) is 3.99. The number of unbranched alkanes of at least 4 members (excludes halogenated alkanes) is 1. The SMILES string of the molecule is CCCCC(CNC(=O)OC(C)(C)C)NC(=NCc1ncccc1C)NCC.I. The number of aryl methyl sites for hydroxylation is 1. The Labute approximate surface area is 192 Å². The number of carbonyl (C=O) groups excluding carboxylic acids is 1. The van der Waals surface area contributed by atoms with Gasteiger partial charge in [0.15, 0.2) is 5.96 Å². The van der Waals surface area contributed by atoms with E-state index in [0.717, 1.165) is 43.0 Å². The van der Waals surface area contributed by atoms with E-state index in [9.17, 15) is 4.79 Å². The van der Waals surface area contributed by atoms with E-state index >= 15 is 0 Å². The molecular formula is C21H38IN5O2. The van der Waals surface area contributed by atoms with Crippen LogP contribution in [-0.4, -0.2) is 41.8 Å². The van der Waals surface area contributed by atoms with Crippen molar-refractivity contribution in [3.05, 3.63) is 29.6 Å². The van der Waals surface area contributed by atoms with E-state index in [4.69, 9.17) is 4.74 Å². The van der Waals surface area contributed by atoms with Crippen molar-refractivity contribution >= 4 is 36.0 Å². The van der Waals surface area contributed by atoms with Crippen molar-refractivity contribution in [1.29, 1.82) is 0 Å². The molecule has 0 aromatic carbocycles. The summed E-state index contributed by atoms with van der Waals surface area (Å²) in [4.78, 5) is 21.0. The summed E-state index contributed by atoms with van der Waals surface area (Å²) >= 11 is 0. The smallest absolute Gasteiger partial charge is 0.407 e. The monoisotopic (exact) mass is 519 g/mol. The van der Waals surface area contributed by atoms with Gasteiger partial charge in [-0.2, -0.15) is 0 Å². The number of alkyl carbamates (subject to hydrolysis) is 1. The molecule has 0 fully saturated rings. The van der Waals surface area contributed by atoms with Gasteiger partial charge in [-0.05, 0) is 52.7 Å². The second-order valence-electron chi connectivity index (χ2n) is 7.83. The minimum absolute atomic E-state index is 0. The van der Waals surface area contributed by atoms with E-state index in [1.807, 2.05) is 46.8 Å². The third kappa shape index (κ3) is 12.6. The lowest BCUT2D eigenvalue weighted by Gasteiger charge is -2.24. The topological polar surface area (TPSA) is 87.6 Å². The van der Waals surface area contributed by atoms with Crippen molar-refractivity contribution in [2.75, 3.05) is 13.1 Å². The zero-order chi connectivity index (χ0) is 21.0. The molecule has 1 unspecified atom stereocenters. The van der Waals surface area contributed by atoms with E-state index in [0.29, 0.717) is 13.1 Å². The molecule has 1 rings (SSSR count). The van der Waals surface area contributed by atoms with Crippen LogP contribution in [-0.2, 0) is 11.3 Å². The fraction of sp³-hybridized carbons (Fsp3) is 0.667. The van der Waals surface area contributed by atoms with Gasteiger partial charge >= 0.3 is 6.09 Å². The summed E-state index contributed by atoms with van der Waals surface area (Å²) in [6.45, 7) is 13.5. The largest absolute Gasteiger partial charge is 0.444 e. The molecule has 166 valence electrons. The van der Waals surface area contributed by atoms with Crippen molar-refractivity contribution in [3.63, 3.8) is 0 Å². The molecule has 1 heterocycles. The molecule has 1 aromatic rings. The van der Waals surface area contributed by atoms with Crippen LogP contribution in [0.25, 0.3) is 0 Å². The van der Waals surface area contributed by atoms with Crippen LogP contribution in [0.15, 0.2) is 23.3 Å². The first-order valence-electron chi connectivity index (χ1n) is 10.2. The van der Waals surface area contributed by atoms with Crippen LogP contribution in [0, 0.1) is 6.92 Å². The van der Waals surface area contributed by atoms with Gasteiger partial charge < -0.3 is 20.7 Å².